The zero-order valence-corrected chi connectivity index (χ0v) is 12.4. The van der Waals surface area contributed by atoms with Crippen molar-refractivity contribution in [2.75, 3.05) is 11.1 Å². The van der Waals surface area contributed by atoms with Gasteiger partial charge in [-0.25, -0.2) is 4.98 Å². The Morgan fingerprint density at radius 2 is 2.00 bits per heavy atom. The number of rotatable bonds is 3. The molecular weight excluding hydrogens is 282 g/mol. The maximum atomic E-state index is 12.3. The number of amides is 1. The first-order valence-electron chi connectivity index (χ1n) is 6.65. The molecule has 21 heavy (non-hydrogen) atoms. The average Bonchev–Trinajstić information content (AvgIpc) is 2.88. The molecule has 2 aromatic carbocycles. The number of anilines is 2. The van der Waals surface area contributed by atoms with Gasteiger partial charge in [0.25, 0.3) is 0 Å². The first kappa shape index (κ1) is 13.6. The van der Waals surface area contributed by atoms with Crippen molar-refractivity contribution in [1.29, 1.82) is 0 Å². The van der Waals surface area contributed by atoms with Crippen molar-refractivity contribution in [3.05, 3.63) is 54.1 Å². The molecule has 0 aliphatic rings. The maximum absolute atomic E-state index is 12.3. The molecule has 0 saturated carbocycles. The van der Waals surface area contributed by atoms with Crippen LogP contribution in [0.25, 0.3) is 10.2 Å². The van der Waals surface area contributed by atoms with Gasteiger partial charge in [0.15, 0.2) is 5.13 Å². The van der Waals surface area contributed by atoms with Gasteiger partial charge >= 0.3 is 0 Å². The molecule has 0 aliphatic carbocycles. The van der Waals surface area contributed by atoms with Crippen LogP contribution in [0.5, 0.6) is 0 Å². The van der Waals surface area contributed by atoms with Crippen molar-refractivity contribution in [2.24, 2.45) is 0 Å². The summed E-state index contributed by atoms with van der Waals surface area (Å²) < 4.78 is 0.970. The van der Waals surface area contributed by atoms with Crippen molar-refractivity contribution in [3.8, 4) is 0 Å². The standard InChI is InChI=1S/C16H15N3OS/c1-10(11-5-3-2-4-6-11)15(20)19-16-18-13-8-7-12(17)9-14(13)21-16/h2-10H,17H2,1H3,(H,18,19,20). The van der Waals surface area contributed by atoms with Crippen LogP contribution in [0.2, 0.25) is 0 Å². The van der Waals surface area contributed by atoms with Crippen LogP contribution in [0.1, 0.15) is 18.4 Å². The minimum atomic E-state index is -0.219. The topological polar surface area (TPSA) is 68.0 Å². The number of hydrogen-bond donors (Lipinski definition) is 2. The number of carbonyl (C=O) groups excluding carboxylic acids is 1. The number of hydrogen-bond acceptors (Lipinski definition) is 4. The van der Waals surface area contributed by atoms with E-state index < -0.39 is 0 Å². The van der Waals surface area contributed by atoms with Crippen LogP contribution in [0.15, 0.2) is 48.5 Å². The summed E-state index contributed by atoms with van der Waals surface area (Å²) in [4.78, 5) is 16.7. The highest BCUT2D eigenvalue weighted by Crippen LogP contribution is 2.28. The number of nitrogen functional groups attached to an aromatic ring is 1. The molecule has 106 valence electrons. The quantitative estimate of drug-likeness (QED) is 0.725. The lowest BCUT2D eigenvalue weighted by Gasteiger charge is -2.10. The van der Waals surface area contributed by atoms with Crippen LogP contribution in [0.4, 0.5) is 10.8 Å². The smallest absolute Gasteiger partial charge is 0.233 e. The number of nitrogens with zero attached hydrogens (tertiary/aromatic N) is 1. The zero-order chi connectivity index (χ0) is 14.8. The highest BCUT2D eigenvalue weighted by atomic mass is 32.1. The van der Waals surface area contributed by atoms with Crippen LogP contribution in [-0.2, 0) is 4.79 Å². The van der Waals surface area contributed by atoms with Gasteiger partial charge in [-0.05, 0) is 30.7 Å². The Bertz CT molecular complexity index is 783. The molecular formula is C16H15N3OS. The Balaban J connectivity index is 1.80. The van der Waals surface area contributed by atoms with Gasteiger partial charge in [-0.2, -0.15) is 0 Å². The fourth-order valence-electron chi connectivity index (χ4n) is 2.10. The van der Waals surface area contributed by atoms with E-state index in [9.17, 15) is 4.79 Å². The number of aromatic nitrogens is 1. The Kier molecular flexibility index (Phi) is 3.58. The van der Waals surface area contributed by atoms with E-state index in [-0.39, 0.29) is 11.8 Å². The number of fused-ring (bicyclic) bond motifs is 1. The predicted molar refractivity (Wildman–Crippen MR) is 87.5 cm³/mol. The third-order valence-corrected chi connectivity index (χ3v) is 4.27. The molecule has 1 amide bonds. The summed E-state index contributed by atoms with van der Waals surface area (Å²) in [5, 5.41) is 3.48. The molecule has 3 N–H and O–H groups in total. The molecule has 0 fully saturated rings. The summed E-state index contributed by atoms with van der Waals surface area (Å²) in [6.07, 6.45) is 0. The third-order valence-electron chi connectivity index (χ3n) is 3.34. The second kappa shape index (κ2) is 5.54. The maximum Gasteiger partial charge on any atom is 0.233 e. The van der Waals surface area contributed by atoms with Gasteiger partial charge in [0.05, 0.1) is 16.1 Å². The SMILES string of the molecule is CC(C(=O)Nc1nc2ccc(N)cc2s1)c1ccccc1. The minimum absolute atomic E-state index is 0.0618. The van der Waals surface area contributed by atoms with E-state index in [1.165, 1.54) is 11.3 Å². The van der Waals surface area contributed by atoms with Gasteiger partial charge in [-0.1, -0.05) is 41.7 Å². The van der Waals surface area contributed by atoms with Crippen molar-refractivity contribution in [3.63, 3.8) is 0 Å². The fraction of sp³-hybridized carbons (Fsp3) is 0.125. The second-order valence-electron chi connectivity index (χ2n) is 4.87. The van der Waals surface area contributed by atoms with Gasteiger partial charge in [-0.15, -0.1) is 0 Å². The molecule has 1 unspecified atom stereocenters. The fourth-order valence-corrected chi connectivity index (χ4v) is 3.02. The van der Waals surface area contributed by atoms with Crippen LogP contribution < -0.4 is 11.1 Å². The van der Waals surface area contributed by atoms with E-state index in [1.54, 1.807) is 6.07 Å². The van der Waals surface area contributed by atoms with Gasteiger partial charge in [0.2, 0.25) is 5.91 Å². The monoisotopic (exact) mass is 297 g/mol. The molecule has 1 atom stereocenters. The number of benzene rings is 2. The summed E-state index contributed by atoms with van der Waals surface area (Å²) in [6.45, 7) is 1.88. The predicted octanol–water partition coefficient (Wildman–Crippen LogP) is 3.62. The second-order valence-corrected chi connectivity index (χ2v) is 5.90. The number of thiazole rings is 1. The molecule has 3 rings (SSSR count). The lowest BCUT2D eigenvalue weighted by molar-refractivity contribution is -0.117. The molecule has 0 radical (unpaired) electrons. The van der Waals surface area contributed by atoms with E-state index in [1.807, 2.05) is 49.4 Å². The van der Waals surface area contributed by atoms with E-state index in [0.29, 0.717) is 10.8 Å². The summed E-state index contributed by atoms with van der Waals surface area (Å²) in [5.41, 5.74) is 8.28. The van der Waals surface area contributed by atoms with Gasteiger partial charge in [0.1, 0.15) is 0 Å². The summed E-state index contributed by atoms with van der Waals surface area (Å²) in [5.74, 6) is -0.281. The van der Waals surface area contributed by atoms with Crippen LogP contribution in [0.3, 0.4) is 0 Å². The molecule has 1 aromatic heterocycles. The Morgan fingerprint density at radius 1 is 1.24 bits per heavy atom. The lowest BCUT2D eigenvalue weighted by atomic mass is 10.0. The van der Waals surface area contributed by atoms with Gasteiger partial charge < -0.3 is 11.1 Å². The van der Waals surface area contributed by atoms with Crippen molar-refractivity contribution in [2.45, 2.75) is 12.8 Å². The number of carbonyl (C=O) groups is 1. The Hall–Kier alpha value is -2.40. The first-order chi connectivity index (χ1) is 10.1. The van der Waals surface area contributed by atoms with E-state index in [0.717, 1.165) is 15.8 Å². The molecule has 0 saturated heterocycles. The normalized spacial score (nSPS) is 12.2. The number of nitrogens with two attached hydrogens (primary N) is 1. The van der Waals surface area contributed by atoms with Crippen LogP contribution >= 0.6 is 11.3 Å². The third kappa shape index (κ3) is 2.87. The van der Waals surface area contributed by atoms with Crippen molar-refractivity contribution < 1.29 is 4.79 Å². The molecule has 1 heterocycles. The van der Waals surface area contributed by atoms with Crippen LogP contribution in [0, 0.1) is 0 Å². The van der Waals surface area contributed by atoms with Gasteiger partial charge in [0, 0.05) is 5.69 Å². The molecule has 0 spiro atoms. The summed E-state index contributed by atoms with van der Waals surface area (Å²) in [6, 6.07) is 15.2. The molecule has 5 heteroatoms. The first-order valence-corrected chi connectivity index (χ1v) is 7.47. The molecule has 4 nitrogen and oxygen atoms in total. The van der Waals surface area contributed by atoms with Crippen LogP contribution in [-0.4, -0.2) is 10.9 Å². The van der Waals surface area contributed by atoms with E-state index in [2.05, 4.69) is 10.3 Å². The number of nitrogens with one attached hydrogen (secondary N) is 1. The minimum Gasteiger partial charge on any atom is -0.399 e. The molecule has 0 aliphatic heterocycles. The Labute approximate surface area is 126 Å². The lowest BCUT2D eigenvalue weighted by Crippen LogP contribution is -2.18. The summed E-state index contributed by atoms with van der Waals surface area (Å²) in [7, 11) is 0. The van der Waals surface area contributed by atoms with Crippen molar-refractivity contribution >= 4 is 38.3 Å². The Morgan fingerprint density at radius 3 is 2.76 bits per heavy atom. The van der Waals surface area contributed by atoms with E-state index >= 15 is 0 Å². The van der Waals surface area contributed by atoms with E-state index in [4.69, 9.17) is 5.73 Å². The average molecular weight is 297 g/mol. The highest BCUT2D eigenvalue weighted by Gasteiger charge is 2.16. The molecule has 3 aromatic rings. The van der Waals surface area contributed by atoms with Gasteiger partial charge in [-0.3, -0.25) is 4.79 Å². The molecule has 0 bridgehead atoms. The summed E-state index contributed by atoms with van der Waals surface area (Å²) >= 11 is 1.43. The van der Waals surface area contributed by atoms with Crippen molar-refractivity contribution in [1.82, 2.24) is 4.98 Å². The largest absolute Gasteiger partial charge is 0.399 e. The zero-order valence-electron chi connectivity index (χ0n) is 11.5. The highest BCUT2D eigenvalue weighted by molar-refractivity contribution is 7.22.